The van der Waals surface area contributed by atoms with E-state index in [1.807, 2.05) is 67.6 Å². The zero-order chi connectivity index (χ0) is 23.6. The third-order valence-corrected chi connectivity index (χ3v) is 5.98. The van der Waals surface area contributed by atoms with E-state index in [4.69, 9.17) is 16.3 Å². The Morgan fingerprint density at radius 1 is 1.00 bits per heavy atom. The Morgan fingerprint density at radius 2 is 1.73 bits per heavy atom. The van der Waals surface area contributed by atoms with Crippen molar-refractivity contribution in [2.24, 2.45) is 0 Å². The van der Waals surface area contributed by atoms with Crippen LogP contribution in [-0.4, -0.2) is 35.9 Å². The summed E-state index contributed by atoms with van der Waals surface area (Å²) in [7, 11) is 0. The van der Waals surface area contributed by atoms with Gasteiger partial charge in [0.25, 0.3) is 5.91 Å². The lowest BCUT2D eigenvalue weighted by Gasteiger charge is -2.31. The molecule has 0 fully saturated rings. The highest BCUT2D eigenvalue weighted by atomic mass is 35.5. The van der Waals surface area contributed by atoms with Crippen molar-refractivity contribution in [3.05, 3.63) is 77.3 Å². The monoisotopic (exact) mass is 466 g/mol. The van der Waals surface area contributed by atoms with E-state index in [0.717, 1.165) is 29.2 Å². The quantitative estimate of drug-likeness (QED) is 0.374. The van der Waals surface area contributed by atoms with Gasteiger partial charge in [-0.25, -0.2) is 0 Å². The first kappa shape index (κ1) is 24.6. The Bertz CT molecular complexity index is 1080. The number of carbonyl (C=O) groups excluding carboxylic acids is 2. The average Bonchev–Trinajstić information content (AvgIpc) is 2.83. The summed E-state index contributed by atoms with van der Waals surface area (Å²) in [6, 6.07) is 20.4. The highest BCUT2D eigenvalue weighted by Gasteiger charge is 2.29. The zero-order valence-corrected chi connectivity index (χ0v) is 20.0. The summed E-state index contributed by atoms with van der Waals surface area (Å²) in [6.07, 6.45) is 2.37. The van der Waals surface area contributed by atoms with Gasteiger partial charge in [0, 0.05) is 23.5 Å². The van der Waals surface area contributed by atoms with E-state index >= 15 is 0 Å². The summed E-state index contributed by atoms with van der Waals surface area (Å²) in [6.45, 7) is 4.63. The van der Waals surface area contributed by atoms with Gasteiger partial charge in [-0.15, -0.1) is 0 Å². The predicted octanol–water partition coefficient (Wildman–Crippen LogP) is 5.60. The van der Waals surface area contributed by atoms with Crippen LogP contribution in [0.25, 0.3) is 10.8 Å². The number of nitrogens with one attached hydrogen (secondary N) is 1. The van der Waals surface area contributed by atoms with Crippen LogP contribution in [0.5, 0.6) is 5.75 Å². The van der Waals surface area contributed by atoms with Gasteiger partial charge in [0.1, 0.15) is 11.8 Å². The molecule has 5 nitrogen and oxygen atoms in total. The first-order valence-electron chi connectivity index (χ1n) is 11.5. The van der Waals surface area contributed by atoms with Crippen LogP contribution in [0.3, 0.4) is 0 Å². The average molecular weight is 467 g/mol. The van der Waals surface area contributed by atoms with E-state index < -0.39 is 6.04 Å². The van der Waals surface area contributed by atoms with E-state index in [0.29, 0.717) is 23.7 Å². The van der Waals surface area contributed by atoms with E-state index in [1.54, 1.807) is 11.0 Å². The van der Waals surface area contributed by atoms with E-state index in [-0.39, 0.29) is 25.0 Å². The minimum Gasteiger partial charge on any atom is -0.483 e. The molecule has 0 heterocycles. The Balaban J connectivity index is 1.81. The van der Waals surface area contributed by atoms with Crippen LogP contribution >= 0.6 is 11.6 Å². The molecule has 33 heavy (non-hydrogen) atoms. The molecule has 1 atom stereocenters. The lowest BCUT2D eigenvalue weighted by molar-refractivity contribution is -0.142. The standard InChI is InChI=1S/C27H31ClN2O3/c1-3-5-17-29-27(32)24(4-2)30(18-21-12-7-9-15-23(21)28)26(31)19-33-25-16-10-13-20-11-6-8-14-22(20)25/h6-16,24H,3-5,17-19H2,1-2H3,(H,29,32)/t24-/m0/s1. The number of nitrogens with zero attached hydrogens (tertiary/aromatic N) is 1. The molecule has 0 spiro atoms. The maximum absolute atomic E-state index is 13.4. The minimum absolute atomic E-state index is 0.156. The molecule has 3 aromatic rings. The van der Waals surface area contributed by atoms with Gasteiger partial charge < -0.3 is 15.0 Å². The number of ether oxygens (including phenoxy) is 1. The number of carbonyl (C=O) groups is 2. The second kappa shape index (κ2) is 12.3. The molecule has 3 aromatic carbocycles. The fourth-order valence-corrected chi connectivity index (χ4v) is 3.98. The van der Waals surface area contributed by atoms with Crippen LogP contribution in [-0.2, 0) is 16.1 Å². The number of rotatable bonds is 11. The Labute approximate surface area is 200 Å². The summed E-state index contributed by atoms with van der Waals surface area (Å²) < 4.78 is 5.95. The van der Waals surface area contributed by atoms with E-state index in [9.17, 15) is 9.59 Å². The van der Waals surface area contributed by atoms with Crippen molar-refractivity contribution < 1.29 is 14.3 Å². The Kier molecular flexibility index (Phi) is 9.14. The third kappa shape index (κ3) is 6.48. The van der Waals surface area contributed by atoms with E-state index in [2.05, 4.69) is 12.2 Å². The summed E-state index contributed by atoms with van der Waals surface area (Å²) in [4.78, 5) is 27.9. The molecule has 0 saturated heterocycles. The summed E-state index contributed by atoms with van der Waals surface area (Å²) in [5, 5.41) is 5.50. The normalized spacial score (nSPS) is 11.7. The van der Waals surface area contributed by atoms with Gasteiger partial charge >= 0.3 is 0 Å². The molecule has 6 heteroatoms. The second-order valence-corrected chi connectivity index (χ2v) is 8.35. The highest BCUT2D eigenvalue weighted by Crippen LogP contribution is 2.25. The molecular weight excluding hydrogens is 436 g/mol. The van der Waals surface area contributed by atoms with Crippen LogP contribution in [0.4, 0.5) is 0 Å². The van der Waals surface area contributed by atoms with Crippen molar-refractivity contribution in [2.45, 2.75) is 45.7 Å². The van der Waals surface area contributed by atoms with Crippen molar-refractivity contribution in [2.75, 3.05) is 13.2 Å². The molecule has 0 radical (unpaired) electrons. The Hall–Kier alpha value is -3.05. The highest BCUT2D eigenvalue weighted by molar-refractivity contribution is 6.31. The number of halogens is 1. The lowest BCUT2D eigenvalue weighted by atomic mass is 10.1. The van der Waals surface area contributed by atoms with Gasteiger partial charge in [-0.3, -0.25) is 9.59 Å². The third-order valence-electron chi connectivity index (χ3n) is 5.61. The van der Waals surface area contributed by atoms with Crippen LogP contribution in [0, 0.1) is 0 Å². The summed E-state index contributed by atoms with van der Waals surface area (Å²) in [5.74, 6) is 0.219. The first-order chi connectivity index (χ1) is 16.0. The Morgan fingerprint density at radius 3 is 2.48 bits per heavy atom. The second-order valence-electron chi connectivity index (χ2n) is 7.95. The molecule has 0 aliphatic heterocycles. The van der Waals surface area contributed by atoms with Gasteiger partial charge in [0.05, 0.1) is 0 Å². The number of hydrogen-bond acceptors (Lipinski definition) is 3. The molecule has 2 amide bonds. The molecular formula is C27H31ClN2O3. The largest absolute Gasteiger partial charge is 0.483 e. The number of benzene rings is 3. The molecule has 0 saturated carbocycles. The molecule has 0 unspecified atom stereocenters. The van der Waals surface area contributed by atoms with Crippen molar-refractivity contribution in [3.8, 4) is 5.75 Å². The fourth-order valence-electron chi connectivity index (χ4n) is 3.78. The zero-order valence-electron chi connectivity index (χ0n) is 19.2. The van der Waals surface area contributed by atoms with Crippen molar-refractivity contribution in [1.29, 1.82) is 0 Å². The minimum atomic E-state index is -0.609. The van der Waals surface area contributed by atoms with Gasteiger partial charge in [-0.2, -0.15) is 0 Å². The van der Waals surface area contributed by atoms with Crippen LogP contribution in [0.15, 0.2) is 66.7 Å². The SMILES string of the molecule is CCCCNC(=O)[C@H](CC)N(Cc1ccccc1Cl)C(=O)COc1cccc2ccccc12. The molecule has 0 aromatic heterocycles. The number of amides is 2. The van der Waals surface area contributed by atoms with Crippen molar-refractivity contribution in [3.63, 3.8) is 0 Å². The number of unbranched alkanes of at least 4 members (excludes halogenated alkanes) is 1. The van der Waals surface area contributed by atoms with Crippen LogP contribution in [0.1, 0.15) is 38.7 Å². The smallest absolute Gasteiger partial charge is 0.261 e. The lowest BCUT2D eigenvalue weighted by Crippen LogP contribution is -2.50. The number of hydrogen-bond donors (Lipinski definition) is 1. The molecule has 1 N–H and O–H groups in total. The van der Waals surface area contributed by atoms with E-state index in [1.165, 1.54) is 0 Å². The molecule has 0 bridgehead atoms. The van der Waals surface area contributed by atoms with Gasteiger partial charge in [-0.05, 0) is 35.9 Å². The fraction of sp³-hybridized carbons (Fsp3) is 0.333. The predicted molar refractivity (Wildman–Crippen MR) is 133 cm³/mol. The van der Waals surface area contributed by atoms with Gasteiger partial charge in [-0.1, -0.05) is 86.5 Å². The van der Waals surface area contributed by atoms with Crippen LogP contribution in [0.2, 0.25) is 5.02 Å². The maximum atomic E-state index is 13.4. The van der Waals surface area contributed by atoms with Crippen LogP contribution < -0.4 is 10.1 Å². The molecule has 0 aliphatic rings. The molecule has 174 valence electrons. The van der Waals surface area contributed by atoms with Crippen molar-refractivity contribution >= 4 is 34.2 Å². The first-order valence-corrected chi connectivity index (χ1v) is 11.8. The topological polar surface area (TPSA) is 58.6 Å². The summed E-state index contributed by atoms with van der Waals surface area (Å²) >= 11 is 6.37. The summed E-state index contributed by atoms with van der Waals surface area (Å²) in [5.41, 5.74) is 0.789. The van der Waals surface area contributed by atoms with Crippen molar-refractivity contribution in [1.82, 2.24) is 10.2 Å². The maximum Gasteiger partial charge on any atom is 0.261 e. The number of fused-ring (bicyclic) bond motifs is 1. The molecule has 0 aliphatic carbocycles. The molecule has 3 rings (SSSR count). The van der Waals surface area contributed by atoms with Gasteiger partial charge in [0.15, 0.2) is 6.61 Å². The van der Waals surface area contributed by atoms with Gasteiger partial charge in [0.2, 0.25) is 5.91 Å².